The molecule has 0 radical (unpaired) electrons. The van der Waals surface area contributed by atoms with E-state index in [0.29, 0.717) is 6.42 Å². The number of rotatable bonds is 9. The summed E-state index contributed by atoms with van der Waals surface area (Å²) in [4.78, 5) is 24.7. The molecule has 1 aromatic carbocycles. The van der Waals surface area contributed by atoms with Gasteiger partial charge in [0.05, 0.1) is 14.2 Å². The fourth-order valence-electron chi connectivity index (χ4n) is 3.57. The number of hydrogen-bond acceptors (Lipinski definition) is 4. The number of methoxy groups -OCH3 is 2. The van der Waals surface area contributed by atoms with Gasteiger partial charge < -0.3 is 9.47 Å². The maximum absolute atomic E-state index is 12.4. The summed E-state index contributed by atoms with van der Waals surface area (Å²) in [6, 6.07) is 8.23. The lowest BCUT2D eigenvalue weighted by molar-refractivity contribution is -0.161. The van der Waals surface area contributed by atoms with Crippen LogP contribution < -0.4 is 0 Å². The van der Waals surface area contributed by atoms with Gasteiger partial charge >= 0.3 is 11.9 Å². The van der Waals surface area contributed by atoms with Gasteiger partial charge in [-0.3, -0.25) is 9.59 Å². The van der Waals surface area contributed by atoms with Crippen molar-refractivity contribution in [2.45, 2.75) is 52.4 Å². The van der Waals surface area contributed by atoms with Gasteiger partial charge in [0.1, 0.15) is 0 Å². The molecule has 1 aliphatic rings. The van der Waals surface area contributed by atoms with Crippen LogP contribution >= 0.6 is 0 Å². The zero-order chi connectivity index (χ0) is 19.2. The third-order valence-electron chi connectivity index (χ3n) is 5.24. The van der Waals surface area contributed by atoms with Gasteiger partial charge in [0.2, 0.25) is 0 Å². The fraction of sp³-hybridized carbons (Fsp3) is 0.545. The molecule has 0 amide bonds. The van der Waals surface area contributed by atoms with E-state index in [1.807, 2.05) is 6.92 Å². The molecule has 1 aromatic rings. The SMILES string of the molecule is CCCCCC/C=C(\c1ccc(C)cc1)C1CC1(C(=O)OC)C(=O)OC. The molecule has 0 N–H and O–H groups in total. The summed E-state index contributed by atoms with van der Waals surface area (Å²) in [6.07, 6.45) is 8.31. The smallest absolute Gasteiger partial charge is 0.323 e. The van der Waals surface area contributed by atoms with Crippen molar-refractivity contribution >= 4 is 17.5 Å². The van der Waals surface area contributed by atoms with Crippen molar-refractivity contribution < 1.29 is 19.1 Å². The molecule has 0 heterocycles. The molecule has 142 valence electrons. The Bertz CT molecular complexity index is 641. The molecule has 26 heavy (non-hydrogen) atoms. The van der Waals surface area contributed by atoms with E-state index in [1.54, 1.807) is 0 Å². The third-order valence-corrected chi connectivity index (χ3v) is 5.24. The van der Waals surface area contributed by atoms with E-state index in [1.165, 1.54) is 39.0 Å². The summed E-state index contributed by atoms with van der Waals surface area (Å²) in [5, 5.41) is 0. The first-order valence-corrected chi connectivity index (χ1v) is 9.45. The number of benzene rings is 1. The first kappa shape index (κ1) is 20.2. The van der Waals surface area contributed by atoms with E-state index in [-0.39, 0.29) is 5.92 Å². The summed E-state index contributed by atoms with van der Waals surface area (Å²) in [6.45, 7) is 4.24. The normalized spacial score (nSPS) is 18.3. The third kappa shape index (κ3) is 4.17. The highest BCUT2D eigenvalue weighted by Crippen LogP contribution is 2.60. The van der Waals surface area contributed by atoms with Crippen molar-refractivity contribution in [1.82, 2.24) is 0 Å². The molecule has 1 aliphatic carbocycles. The first-order chi connectivity index (χ1) is 12.5. The molecule has 0 saturated heterocycles. The minimum absolute atomic E-state index is 0.184. The van der Waals surface area contributed by atoms with Crippen LogP contribution in [0.3, 0.4) is 0 Å². The van der Waals surface area contributed by atoms with E-state index in [0.717, 1.165) is 24.0 Å². The predicted molar refractivity (Wildman–Crippen MR) is 102 cm³/mol. The van der Waals surface area contributed by atoms with Crippen LogP contribution in [0, 0.1) is 18.3 Å². The Morgan fingerprint density at radius 1 is 1.08 bits per heavy atom. The molecular formula is C22H30O4. The Hall–Kier alpha value is -2.10. The number of allylic oxidation sites excluding steroid dienone is 2. The monoisotopic (exact) mass is 358 g/mol. The molecule has 4 nitrogen and oxygen atoms in total. The Morgan fingerprint density at radius 3 is 2.23 bits per heavy atom. The highest BCUT2D eigenvalue weighted by atomic mass is 16.5. The van der Waals surface area contributed by atoms with Gasteiger partial charge in [-0.25, -0.2) is 0 Å². The molecule has 1 unspecified atom stereocenters. The van der Waals surface area contributed by atoms with Crippen LogP contribution in [0.15, 0.2) is 30.3 Å². The van der Waals surface area contributed by atoms with E-state index in [4.69, 9.17) is 9.47 Å². The van der Waals surface area contributed by atoms with Gasteiger partial charge in [0, 0.05) is 5.92 Å². The van der Waals surface area contributed by atoms with E-state index < -0.39 is 17.4 Å². The number of unbranched alkanes of at least 4 members (excludes halogenated alkanes) is 4. The number of ether oxygens (including phenoxy) is 2. The number of carbonyl (C=O) groups excluding carboxylic acids is 2. The van der Waals surface area contributed by atoms with Crippen molar-refractivity contribution in [3.63, 3.8) is 0 Å². The molecular weight excluding hydrogens is 328 g/mol. The summed E-state index contributed by atoms with van der Waals surface area (Å²) in [5.74, 6) is -1.19. The Morgan fingerprint density at radius 2 is 1.69 bits per heavy atom. The van der Waals surface area contributed by atoms with Gasteiger partial charge in [0.15, 0.2) is 5.41 Å². The zero-order valence-electron chi connectivity index (χ0n) is 16.3. The number of aryl methyl sites for hydroxylation is 1. The van der Waals surface area contributed by atoms with Crippen molar-refractivity contribution in [2.75, 3.05) is 14.2 Å². The summed E-state index contributed by atoms with van der Waals surface area (Å²) in [5.41, 5.74) is 2.10. The van der Waals surface area contributed by atoms with Crippen LogP contribution in [0.4, 0.5) is 0 Å². The van der Waals surface area contributed by atoms with Crippen molar-refractivity contribution in [2.24, 2.45) is 11.3 Å². The number of carbonyl (C=O) groups is 2. The van der Waals surface area contributed by atoms with Gasteiger partial charge in [-0.05, 0) is 37.3 Å². The lowest BCUT2D eigenvalue weighted by Crippen LogP contribution is -2.30. The summed E-state index contributed by atoms with van der Waals surface area (Å²) < 4.78 is 9.85. The largest absolute Gasteiger partial charge is 0.468 e. The summed E-state index contributed by atoms with van der Waals surface area (Å²) in [7, 11) is 2.64. The van der Waals surface area contributed by atoms with Crippen molar-refractivity contribution in [3.05, 3.63) is 41.5 Å². The fourth-order valence-corrected chi connectivity index (χ4v) is 3.57. The quantitative estimate of drug-likeness (QED) is 0.365. The molecule has 0 spiro atoms. The molecule has 1 atom stereocenters. The maximum atomic E-state index is 12.4. The average molecular weight is 358 g/mol. The molecule has 2 rings (SSSR count). The Balaban J connectivity index is 2.29. The Labute approximate surface area is 156 Å². The molecule has 4 heteroatoms. The zero-order valence-corrected chi connectivity index (χ0v) is 16.3. The molecule has 1 fully saturated rings. The van der Waals surface area contributed by atoms with Crippen molar-refractivity contribution in [1.29, 1.82) is 0 Å². The molecule has 0 aliphatic heterocycles. The van der Waals surface area contributed by atoms with Crippen LogP contribution in [0.2, 0.25) is 0 Å². The van der Waals surface area contributed by atoms with Crippen LogP contribution in [0.1, 0.15) is 56.6 Å². The average Bonchev–Trinajstić information content (AvgIpc) is 3.41. The maximum Gasteiger partial charge on any atom is 0.323 e. The van der Waals surface area contributed by atoms with Gasteiger partial charge in [0.25, 0.3) is 0 Å². The van der Waals surface area contributed by atoms with Crippen LogP contribution in [0.25, 0.3) is 5.57 Å². The van der Waals surface area contributed by atoms with E-state index in [9.17, 15) is 9.59 Å². The second-order valence-electron chi connectivity index (χ2n) is 7.09. The summed E-state index contributed by atoms with van der Waals surface area (Å²) >= 11 is 0. The van der Waals surface area contributed by atoms with Gasteiger partial charge in [-0.15, -0.1) is 0 Å². The molecule has 0 aromatic heterocycles. The predicted octanol–water partition coefficient (Wildman–Crippen LogP) is 4.70. The number of esters is 2. The molecule has 1 saturated carbocycles. The van der Waals surface area contributed by atoms with E-state index >= 15 is 0 Å². The van der Waals surface area contributed by atoms with E-state index in [2.05, 4.69) is 37.3 Å². The second kappa shape index (κ2) is 9.02. The van der Waals surface area contributed by atoms with Gasteiger partial charge in [-0.1, -0.05) is 62.1 Å². The standard InChI is InChI=1S/C22H30O4/c1-5-6-7-8-9-10-18(17-13-11-16(2)12-14-17)19-15-22(19,20(23)25-3)21(24)26-4/h10-14,19H,5-9,15H2,1-4H3/b18-10+. The number of hydrogen-bond donors (Lipinski definition) is 0. The van der Waals surface area contributed by atoms with Crippen molar-refractivity contribution in [3.8, 4) is 0 Å². The minimum Gasteiger partial charge on any atom is -0.468 e. The van der Waals surface area contributed by atoms with Gasteiger partial charge in [-0.2, -0.15) is 0 Å². The van der Waals surface area contributed by atoms with Crippen LogP contribution in [-0.2, 0) is 19.1 Å². The molecule has 0 bridgehead atoms. The van der Waals surface area contributed by atoms with Crippen LogP contribution in [0.5, 0.6) is 0 Å². The highest BCUT2D eigenvalue weighted by Gasteiger charge is 2.69. The topological polar surface area (TPSA) is 52.6 Å². The second-order valence-corrected chi connectivity index (χ2v) is 7.09. The first-order valence-electron chi connectivity index (χ1n) is 9.45. The highest BCUT2D eigenvalue weighted by molar-refractivity contribution is 6.06. The lowest BCUT2D eigenvalue weighted by atomic mass is 9.92. The lowest BCUT2D eigenvalue weighted by Gasteiger charge is -2.15. The van der Waals surface area contributed by atoms with Crippen LogP contribution in [-0.4, -0.2) is 26.2 Å². The Kier molecular flexibility index (Phi) is 7.01. The minimum atomic E-state index is -1.19.